The summed E-state index contributed by atoms with van der Waals surface area (Å²) in [7, 11) is 0. The lowest BCUT2D eigenvalue weighted by Gasteiger charge is -2.28. The van der Waals surface area contributed by atoms with Crippen LogP contribution in [0.25, 0.3) is 0 Å². The van der Waals surface area contributed by atoms with Crippen LogP contribution in [0.2, 0.25) is 0 Å². The molecule has 4 N–H and O–H groups in total. The summed E-state index contributed by atoms with van der Waals surface area (Å²) in [6.07, 6.45) is 3.64. The number of hydrogen-bond donors (Lipinski definition) is 3. The van der Waals surface area contributed by atoms with Crippen LogP contribution >= 0.6 is 0 Å². The van der Waals surface area contributed by atoms with Gasteiger partial charge in [0.2, 0.25) is 0 Å². The summed E-state index contributed by atoms with van der Waals surface area (Å²) in [6, 6.07) is 6.92. The molecular formula is C17H28N4O. The van der Waals surface area contributed by atoms with Crippen molar-refractivity contribution in [2.75, 3.05) is 19.6 Å². The quantitative estimate of drug-likeness (QED) is 0.441. The second kappa shape index (κ2) is 8.27. The van der Waals surface area contributed by atoms with Crippen LogP contribution in [0.4, 0.5) is 0 Å². The van der Waals surface area contributed by atoms with Crippen molar-refractivity contribution in [2.45, 2.75) is 45.7 Å². The number of aryl methyl sites for hydroxylation is 2. The van der Waals surface area contributed by atoms with Crippen molar-refractivity contribution in [1.82, 2.24) is 10.4 Å². The molecule has 0 saturated carbocycles. The van der Waals surface area contributed by atoms with Gasteiger partial charge < -0.3 is 10.9 Å². The summed E-state index contributed by atoms with van der Waals surface area (Å²) in [5.41, 5.74) is 12.0. The third-order valence-electron chi connectivity index (χ3n) is 4.09. The van der Waals surface area contributed by atoms with Gasteiger partial charge in [0.15, 0.2) is 0 Å². The van der Waals surface area contributed by atoms with E-state index in [1.165, 1.54) is 36.0 Å². The zero-order chi connectivity index (χ0) is 15.9. The van der Waals surface area contributed by atoms with Crippen molar-refractivity contribution < 1.29 is 5.21 Å². The third-order valence-corrected chi connectivity index (χ3v) is 4.09. The lowest BCUT2D eigenvalue weighted by Crippen LogP contribution is -2.34. The number of hydroxylamine groups is 1. The molecule has 1 aromatic carbocycles. The van der Waals surface area contributed by atoms with Crippen molar-refractivity contribution in [2.24, 2.45) is 10.7 Å². The van der Waals surface area contributed by atoms with Crippen LogP contribution in [0.3, 0.4) is 0 Å². The van der Waals surface area contributed by atoms with Gasteiger partial charge in [-0.25, -0.2) is 0 Å². The Morgan fingerprint density at radius 1 is 1.41 bits per heavy atom. The number of fused-ring (bicyclic) bond motifs is 1. The van der Waals surface area contributed by atoms with Gasteiger partial charge in [0.05, 0.1) is 12.6 Å². The fourth-order valence-electron chi connectivity index (χ4n) is 3.10. The van der Waals surface area contributed by atoms with E-state index in [0.29, 0.717) is 5.84 Å². The maximum Gasteiger partial charge on any atom is 0.110 e. The maximum atomic E-state index is 8.65. The monoisotopic (exact) mass is 304 g/mol. The Morgan fingerprint density at radius 2 is 2.23 bits per heavy atom. The zero-order valence-electron chi connectivity index (χ0n) is 13.7. The minimum Gasteiger partial charge on any atom is -0.386 e. The van der Waals surface area contributed by atoms with E-state index in [2.05, 4.69) is 41.9 Å². The minimum atomic E-state index is 0.126. The predicted molar refractivity (Wildman–Crippen MR) is 90.3 cm³/mol. The first-order valence-corrected chi connectivity index (χ1v) is 8.08. The van der Waals surface area contributed by atoms with Gasteiger partial charge >= 0.3 is 0 Å². The Bertz CT molecular complexity index is 515. The van der Waals surface area contributed by atoms with Gasteiger partial charge in [-0.2, -0.15) is 5.48 Å². The van der Waals surface area contributed by atoms with Crippen molar-refractivity contribution >= 4 is 5.84 Å². The number of aliphatic imine (C=N–C) groups is 1. The number of amidine groups is 1. The molecule has 5 heteroatoms. The molecule has 0 radical (unpaired) electrons. The summed E-state index contributed by atoms with van der Waals surface area (Å²) in [4.78, 5) is 6.88. The Labute approximate surface area is 133 Å². The van der Waals surface area contributed by atoms with Crippen LogP contribution in [0, 0.1) is 6.92 Å². The molecule has 0 fully saturated rings. The van der Waals surface area contributed by atoms with Crippen LogP contribution in [0.15, 0.2) is 23.2 Å². The number of nitrogens with two attached hydrogens (primary N) is 1. The first kappa shape index (κ1) is 16.9. The smallest absolute Gasteiger partial charge is 0.110 e. The molecule has 1 aromatic rings. The van der Waals surface area contributed by atoms with Crippen LogP contribution < -0.4 is 11.2 Å². The lowest BCUT2D eigenvalue weighted by atomic mass is 9.97. The fraction of sp³-hybridized carbons (Fsp3) is 0.588. The van der Waals surface area contributed by atoms with Gasteiger partial charge in [-0.05, 0) is 50.8 Å². The van der Waals surface area contributed by atoms with Crippen LogP contribution in [0.1, 0.15) is 36.5 Å². The number of hydrogen-bond acceptors (Lipinski definition) is 4. The molecule has 0 saturated heterocycles. The molecule has 1 heterocycles. The summed E-state index contributed by atoms with van der Waals surface area (Å²) in [6.45, 7) is 7.41. The molecule has 0 aromatic heterocycles. The van der Waals surface area contributed by atoms with Gasteiger partial charge in [0.1, 0.15) is 5.84 Å². The van der Waals surface area contributed by atoms with E-state index in [4.69, 9.17) is 10.9 Å². The van der Waals surface area contributed by atoms with E-state index in [1.807, 2.05) is 5.48 Å². The standard InChI is InChI=1S/C17H28N4O/c1-13-6-7-15-5-3-4-8-21(12-16(15)9-13)11-14(2)20-17(18)10-19-22/h6-7,9,14,19,22H,3-5,8,10-12H2,1-2H3,(H2,18,20)/t14-/m0/s1. The number of nitrogens with one attached hydrogen (secondary N) is 1. The van der Waals surface area contributed by atoms with E-state index in [9.17, 15) is 0 Å². The van der Waals surface area contributed by atoms with Gasteiger partial charge in [-0.3, -0.25) is 9.89 Å². The predicted octanol–water partition coefficient (Wildman–Crippen LogP) is 1.86. The highest BCUT2D eigenvalue weighted by molar-refractivity contribution is 5.82. The summed E-state index contributed by atoms with van der Waals surface area (Å²) in [5.74, 6) is 0.443. The molecule has 0 aliphatic carbocycles. The van der Waals surface area contributed by atoms with E-state index < -0.39 is 0 Å². The maximum absolute atomic E-state index is 8.65. The minimum absolute atomic E-state index is 0.126. The average molecular weight is 304 g/mol. The Balaban J connectivity index is 2.04. The molecule has 5 nitrogen and oxygen atoms in total. The number of rotatable bonds is 5. The van der Waals surface area contributed by atoms with Crippen LogP contribution in [0.5, 0.6) is 0 Å². The van der Waals surface area contributed by atoms with E-state index in [1.54, 1.807) is 0 Å². The Morgan fingerprint density at radius 3 is 3.00 bits per heavy atom. The van der Waals surface area contributed by atoms with Gasteiger partial charge in [0, 0.05) is 13.1 Å². The Kier molecular flexibility index (Phi) is 6.36. The van der Waals surface area contributed by atoms with Crippen molar-refractivity contribution in [3.8, 4) is 0 Å². The SMILES string of the molecule is Cc1ccc2c(c1)CN(C[C@H](C)N=C(N)CNO)CCCC2. The summed E-state index contributed by atoms with van der Waals surface area (Å²) < 4.78 is 0. The highest BCUT2D eigenvalue weighted by Gasteiger charge is 2.15. The molecule has 2 rings (SSSR count). The highest BCUT2D eigenvalue weighted by atomic mass is 16.5. The Hall–Kier alpha value is -1.43. The van der Waals surface area contributed by atoms with Crippen LogP contribution in [-0.4, -0.2) is 41.6 Å². The first-order valence-electron chi connectivity index (χ1n) is 8.08. The molecule has 1 aliphatic rings. The van der Waals surface area contributed by atoms with Crippen molar-refractivity contribution in [3.05, 3.63) is 34.9 Å². The average Bonchev–Trinajstić information content (AvgIpc) is 2.42. The van der Waals surface area contributed by atoms with Crippen molar-refractivity contribution in [3.63, 3.8) is 0 Å². The molecular weight excluding hydrogens is 276 g/mol. The molecule has 0 bridgehead atoms. The molecule has 22 heavy (non-hydrogen) atoms. The number of benzene rings is 1. The van der Waals surface area contributed by atoms with Crippen LogP contribution in [-0.2, 0) is 13.0 Å². The summed E-state index contributed by atoms with van der Waals surface area (Å²) >= 11 is 0. The highest BCUT2D eigenvalue weighted by Crippen LogP contribution is 2.20. The molecule has 0 spiro atoms. The normalized spacial score (nSPS) is 18.4. The number of nitrogens with zero attached hydrogens (tertiary/aromatic N) is 2. The molecule has 1 aliphatic heterocycles. The zero-order valence-corrected chi connectivity index (χ0v) is 13.7. The van der Waals surface area contributed by atoms with Crippen molar-refractivity contribution in [1.29, 1.82) is 0 Å². The molecule has 1 atom stereocenters. The molecule has 0 amide bonds. The second-order valence-corrected chi connectivity index (χ2v) is 6.27. The first-order chi connectivity index (χ1) is 10.6. The lowest BCUT2D eigenvalue weighted by molar-refractivity contribution is 0.183. The van der Waals surface area contributed by atoms with E-state index in [-0.39, 0.29) is 12.6 Å². The molecule has 122 valence electrons. The van der Waals surface area contributed by atoms with Gasteiger partial charge in [-0.1, -0.05) is 23.8 Å². The fourth-order valence-corrected chi connectivity index (χ4v) is 3.10. The van der Waals surface area contributed by atoms with Gasteiger partial charge in [-0.15, -0.1) is 0 Å². The van der Waals surface area contributed by atoms with E-state index >= 15 is 0 Å². The van der Waals surface area contributed by atoms with Gasteiger partial charge in [0.25, 0.3) is 0 Å². The second-order valence-electron chi connectivity index (χ2n) is 6.27. The molecule has 0 unspecified atom stereocenters. The third kappa shape index (κ3) is 5.09. The largest absolute Gasteiger partial charge is 0.386 e. The summed E-state index contributed by atoms with van der Waals surface area (Å²) in [5, 5.41) is 8.65. The van der Waals surface area contributed by atoms with E-state index in [0.717, 1.165) is 19.6 Å². The topological polar surface area (TPSA) is 73.9 Å².